The lowest BCUT2D eigenvalue weighted by molar-refractivity contribution is 0.284. The molecule has 2 aromatic rings. The summed E-state index contributed by atoms with van der Waals surface area (Å²) < 4.78 is 11.4. The van der Waals surface area contributed by atoms with Crippen molar-refractivity contribution < 1.29 is 9.47 Å². The molecule has 0 saturated carbocycles. The summed E-state index contributed by atoms with van der Waals surface area (Å²) in [5, 5.41) is 4.16. The molecule has 4 nitrogen and oxygen atoms in total. The standard InChI is InChI=1S/C22H31ClN2O2/c1-4-25(5-2)13-9-12-24-16-19-14-21(26-3)22(15-20(19)23)27-17-18-10-7-6-8-11-18/h6-8,10-11,14-15,24H,4-5,9,12-13,16-17H2,1-3H3. The topological polar surface area (TPSA) is 33.7 Å². The number of ether oxygens (including phenoxy) is 2. The summed E-state index contributed by atoms with van der Waals surface area (Å²) in [6.45, 7) is 9.87. The first-order valence-corrected chi connectivity index (χ1v) is 10.0. The van der Waals surface area contributed by atoms with Crippen molar-refractivity contribution in [3.8, 4) is 11.5 Å². The van der Waals surface area contributed by atoms with E-state index in [0.29, 0.717) is 29.7 Å². The zero-order chi connectivity index (χ0) is 19.5. The Morgan fingerprint density at radius 1 is 1.04 bits per heavy atom. The van der Waals surface area contributed by atoms with Gasteiger partial charge in [0.1, 0.15) is 6.61 Å². The van der Waals surface area contributed by atoms with Crippen LogP contribution in [0.4, 0.5) is 0 Å². The molecule has 0 fully saturated rings. The third-order valence-corrected chi connectivity index (χ3v) is 4.96. The Morgan fingerprint density at radius 3 is 2.44 bits per heavy atom. The van der Waals surface area contributed by atoms with Gasteiger partial charge in [0.05, 0.1) is 7.11 Å². The highest BCUT2D eigenvalue weighted by Gasteiger charge is 2.11. The molecule has 0 aliphatic rings. The van der Waals surface area contributed by atoms with Gasteiger partial charge < -0.3 is 19.7 Å². The molecule has 148 valence electrons. The second-order valence-corrected chi connectivity index (χ2v) is 6.83. The molecule has 0 aliphatic heterocycles. The second kappa shape index (κ2) is 11.9. The van der Waals surface area contributed by atoms with Crippen LogP contribution in [0.5, 0.6) is 11.5 Å². The normalized spacial score (nSPS) is 11.0. The van der Waals surface area contributed by atoms with Crippen molar-refractivity contribution in [2.45, 2.75) is 33.4 Å². The van der Waals surface area contributed by atoms with Gasteiger partial charge in [-0.25, -0.2) is 0 Å². The Balaban J connectivity index is 1.88. The quantitative estimate of drug-likeness (QED) is 0.530. The number of benzene rings is 2. The third-order valence-electron chi connectivity index (χ3n) is 4.61. The summed E-state index contributed by atoms with van der Waals surface area (Å²) in [5.74, 6) is 1.37. The summed E-state index contributed by atoms with van der Waals surface area (Å²) in [6.07, 6.45) is 1.12. The van der Waals surface area contributed by atoms with E-state index in [4.69, 9.17) is 21.1 Å². The van der Waals surface area contributed by atoms with Crippen LogP contribution in [0.25, 0.3) is 0 Å². The van der Waals surface area contributed by atoms with Crippen molar-refractivity contribution in [1.82, 2.24) is 10.2 Å². The Labute approximate surface area is 168 Å². The average molecular weight is 391 g/mol. The number of hydrogen-bond acceptors (Lipinski definition) is 4. The zero-order valence-electron chi connectivity index (χ0n) is 16.6. The first-order valence-electron chi connectivity index (χ1n) is 9.64. The van der Waals surface area contributed by atoms with Crippen LogP contribution in [0.1, 0.15) is 31.4 Å². The molecule has 0 amide bonds. The van der Waals surface area contributed by atoms with Gasteiger partial charge in [-0.2, -0.15) is 0 Å². The highest BCUT2D eigenvalue weighted by molar-refractivity contribution is 6.31. The molecule has 0 heterocycles. The molecule has 1 N–H and O–H groups in total. The molecular weight excluding hydrogens is 360 g/mol. The SMILES string of the molecule is CCN(CC)CCCNCc1cc(OC)c(OCc2ccccc2)cc1Cl. The maximum absolute atomic E-state index is 6.46. The van der Waals surface area contributed by atoms with E-state index in [-0.39, 0.29) is 0 Å². The zero-order valence-corrected chi connectivity index (χ0v) is 17.4. The van der Waals surface area contributed by atoms with E-state index in [1.807, 2.05) is 42.5 Å². The highest BCUT2D eigenvalue weighted by Crippen LogP contribution is 2.33. The van der Waals surface area contributed by atoms with Gasteiger partial charge in [-0.1, -0.05) is 55.8 Å². The summed E-state index contributed by atoms with van der Waals surface area (Å²) in [6, 6.07) is 13.9. The van der Waals surface area contributed by atoms with Crippen molar-refractivity contribution in [3.05, 3.63) is 58.6 Å². The molecule has 0 unspecified atom stereocenters. The average Bonchev–Trinajstić information content (AvgIpc) is 2.71. The van der Waals surface area contributed by atoms with Crippen LogP contribution in [-0.4, -0.2) is 38.2 Å². The molecule has 0 aliphatic carbocycles. The van der Waals surface area contributed by atoms with E-state index in [1.54, 1.807) is 7.11 Å². The van der Waals surface area contributed by atoms with Crippen molar-refractivity contribution in [2.24, 2.45) is 0 Å². The molecule has 2 rings (SSSR count). The molecule has 0 bridgehead atoms. The molecule has 0 aromatic heterocycles. The van der Waals surface area contributed by atoms with E-state index in [9.17, 15) is 0 Å². The van der Waals surface area contributed by atoms with Crippen LogP contribution in [0.15, 0.2) is 42.5 Å². The minimum atomic E-state index is 0.483. The lowest BCUT2D eigenvalue weighted by atomic mass is 10.2. The van der Waals surface area contributed by atoms with E-state index in [2.05, 4.69) is 24.1 Å². The van der Waals surface area contributed by atoms with Gasteiger partial charge in [0.2, 0.25) is 0 Å². The molecule has 27 heavy (non-hydrogen) atoms. The molecule has 0 atom stereocenters. The number of methoxy groups -OCH3 is 1. The number of halogens is 1. The van der Waals surface area contributed by atoms with E-state index < -0.39 is 0 Å². The van der Waals surface area contributed by atoms with Crippen LogP contribution in [0, 0.1) is 0 Å². The van der Waals surface area contributed by atoms with Gasteiger partial charge in [-0.15, -0.1) is 0 Å². The van der Waals surface area contributed by atoms with Gasteiger partial charge >= 0.3 is 0 Å². The van der Waals surface area contributed by atoms with Gasteiger partial charge in [0.25, 0.3) is 0 Å². The smallest absolute Gasteiger partial charge is 0.163 e. The van der Waals surface area contributed by atoms with Gasteiger partial charge in [0, 0.05) is 17.6 Å². The van der Waals surface area contributed by atoms with Gasteiger partial charge in [-0.05, 0) is 49.8 Å². The fraction of sp³-hybridized carbons (Fsp3) is 0.455. The van der Waals surface area contributed by atoms with E-state index in [0.717, 1.165) is 43.7 Å². The maximum Gasteiger partial charge on any atom is 0.163 e. The molecule has 2 aromatic carbocycles. The summed E-state index contributed by atoms with van der Waals surface area (Å²) in [5.41, 5.74) is 2.12. The number of rotatable bonds is 12. The van der Waals surface area contributed by atoms with Crippen LogP contribution >= 0.6 is 11.6 Å². The van der Waals surface area contributed by atoms with Crippen LogP contribution in [0.2, 0.25) is 5.02 Å². The maximum atomic E-state index is 6.46. The summed E-state index contributed by atoms with van der Waals surface area (Å²) in [7, 11) is 1.65. The molecule has 0 saturated heterocycles. The number of hydrogen-bond donors (Lipinski definition) is 1. The minimum Gasteiger partial charge on any atom is -0.493 e. The van der Waals surface area contributed by atoms with E-state index >= 15 is 0 Å². The first-order chi connectivity index (χ1) is 13.2. The van der Waals surface area contributed by atoms with Crippen molar-refractivity contribution in [1.29, 1.82) is 0 Å². The number of nitrogens with zero attached hydrogens (tertiary/aromatic N) is 1. The van der Waals surface area contributed by atoms with Crippen molar-refractivity contribution in [3.63, 3.8) is 0 Å². The van der Waals surface area contributed by atoms with E-state index in [1.165, 1.54) is 0 Å². The van der Waals surface area contributed by atoms with Crippen LogP contribution in [0.3, 0.4) is 0 Å². The highest BCUT2D eigenvalue weighted by atomic mass is 35.5. The fourth-order valence-electron chi connectivity index (χ4n) is 2.91. The Bertz CT molecular complexity index is 676. The summed E-state index contributed by atoms with van der Waals surface area (Å²) in [4.78, 5) is 2.43. The second-order valence-electron chi connectivity index (χ2n) is 6.43. The molecule has 5 heteroatoms. The Kier molecular flexibility index (Phi) is 9.46. The van der Waals surface area contributed by atoms with Crippen molar-refractivity contribution >= 4 is 11.6 Å². The van der Waals surface area contributed by atoms with Gasteiger partial charge in [-0.3, -0.25) is 0 Å². The Morgan fingerprint density at radius 2 is 1.78 bits per heavy atom. The lowest BCUT2D eigenvalue weighted by Crippen LogP contribution is -2.27. The minimum absolute atomic E-state index is 0.483. The molecular formula is C22H31ClN2O2. The molecule has 0 radical (unpaired) electrons. The molecule has 0 spiro atoms. The largest absolute Gasteiger partial charge is 0.493 e. The predicted octanol–water partition coefficient (Wildman–Crippen LogP) is 4.75. The van der Waals surface area contributed by atoms with Crippen LogP contribution in [-0.2, 0) is 13.2 Å². The first kappa shape index (κ1) is 21.5. The summed E-state index contributed by atoms with van der Waals surface area (Å²) >= 11 is 6.46. The Hall–Kier alpha value is -1.75. The van der Waals surface area contributed by atoms with Crippen LogP contribution < -0.4 is 14.8 Å². The lowest BCUT2D eigenvalue weighted by Gasteiger charge is -2.18. The van der Waals surface area contributed by atoms with Gasteiger partial charge in [0.15, 0.2) is 11.5 Å². The predicted molar refractivity (Wildman–Crippen MR) is 113 cm³/mol. The third kappa shape index (κ3) is 7.06. The van der Waals surface area contributed by atoms with Crippen molar-refractivity contribution in [2.75, 3.05) is 33.3 Å². The number of nitrogens with one attached hydrogen (secondary N) is 1. The monoisotopic (exact) mass is 390 g/mol. The fourth-order valence-corrected chi connectivity index (χ4v) is 3.13.